The molecule has 2 aliphatic carbocycles. The Balaban J connectivity index is 1.32. The molecule has 1 fully saturated rings. The average molecular weight is 451 g/mol. The van der Waals surface area contributed by atoms with E-state index in [9.17, 15) is 18.3 Å². The second kappa shape index (κ2) is 8.39. The Morgan fingerprint density at radius 1 is 1.23 bits per heavy atom. The normalized spacial score (nSPS) is 26.6. The third kappa shape index (κ3) is 4.45. The molecule has 4 rings (SSSR count). The van der Waals surface area contributed by atoms with E-state index in [4.69, 9.17) is 9.88 Å². The largest absolute Gasteiger partial charge is 0.488 e. The summed E-state index contributed by atoms with van der Waals surface area (Å²) >= 11 is 1.70. The molecule has 1 heterocycles. The molecule has 4 atom stereocenters. The molecule has 0 amide bonds. The summed E-state index contributed by atoms with van der Waals surface area (Å²) < 4.78 is 28.5. The monoisotopic (exact) mass is 450 g/mol. The van der Waals surface area contributed by atoms with Gasteiger partial charge >= 0.3 is 0 Å². The van der Waals surface area contributed by atoms with Gasteiger partial charge in [-0.1, -0.05) is 0 Å². The molecule has 4 N–H and O–H groups in total. The van der Waals surface area contributed by atoms with Crippen molar-refractivity contribution < 1.29 is 23.1 Å². The summed E-state index contributed by atoms with van der Waals surface area (Å²) in [5, 5.41) is 19.1. The molecule has 7 nitrogen and oxygen atoms in total. The summed E-state index contributed by atoms with van der Waals surface area (Å²) in [6.07, 6.45) is 2.07. The first-order chi connectivity index (χ1) is 14.2. The lowest BCUT2D eigenvalue weighted by molar-refractivity contribution is 0.0441. The Hall–Kier alpha value is -1.78. The molecule has 30 heavy (non-hydrogen) atoms. The zero-order valence-corrected chi connectivity index (χ0v) is 18.3. The number of hydrogen-bond acceptors (Lipinski definition) is 7. The van der Waals surface area contributed by atoms with Gasteiger partial charge < -0.3 is 15.2 Å². The van der Waals surface area contributed by atoms with Gasteiger partial charge in [-0.3, -0.25) is 4.79 Å². The Kier molecular flexibility index (Phi) is 6.00. The molecule has 2 aromatic rings. The summed E-state index contributed by atoms with van der Waals surface area (Å²) in [5.41, 5.74) is 0.867. The van der Waals surface area contributed by atoms with Crippen molar-refractivity contribution in [3.8, 4) is 5.75 Å². The smallest absolute Gasteiger partial charge is 0.238 e. The Morgan fingerprint density at radius 2 is 1.97 bits per heavy atom. The predicted molar refractivity (Wildman–Crippen MR) is 114 cm³/mol. The molecule has 9 heteroatoms. The van der Waals surface area contributed by atoms with Crippen LogP contribution in [0.25, 0.3) is 0 Å². The lowest BCUT2D eigenvalue weighted by Gasteiger charge is -2.25. The highest BCUT2D eigenvalue weighted by molar-refractivity contribution is 7.89. The molecule has 0 bridgehead atoms. The molecule has 0 spiro atoms. The van der Waals surface area contributed by atoms with Crippen molar-refractivity contribution >= 4 is 27.1 Å². The number of rotatable bonds is 6. The third-order valence-corrected chi connectivity index (χ3v) is 7.95. The van der Waals surface area contributed by atoms with Gasteiger partial charge in [0.25, 0.3) is 0 Å². The number of carbonyl (C=O) groups is 1. The number of carbonyl (C=O) groups excluding carboxylic acids is 1. The van der Waals surface area contributed by atoms with Crippen LogP contribution in [0.5, 0.6) is 5.75 Å². The van der Waals surface area contributed by atoms with Crippen LogP contribution in [0.2, 0.25) is 0 Å². The van der Waals surface area contributed by atoms with E-state index < -0.39 is 22.2 Å². The van der Waals surface area contributed by atoms with E-state index in [1.807, 2.05) is 13.0 Å². The fourth-order valence-corrected chi connectivity index (χ4v) is 5.85. The van der Waals surface area contributed by atoms with Crippen LogP contribution in [0.4, 0.5) is 0 Å². The maximum Gasteiger partial charge on any atom is 0.238 e. The van der Waals surface area contributed by atoms with Crippen molar-refractivity contribution in [2.45, 2.75) is 55.8 Å². The van der Waals surface area contributed by atoms with Crippen molar-refractivity contribution in [1.29, 1.82) is 0 Å². The maximum absolute atomic E-state index is 12.7. The molecule has 1 saturated carbocycles. The SMILES string of the molecule is Cc1cc2c(s1)CCC(CN[C@@H]1CC[C@@H](Oc3ccc(S(N)(=O)=O)cc3)[C@H]1O)C2=O. The number of nitrogens with two attached hydrogens (primary N) is 1. The van der Waals surface area contributed by atoms with Gasteiger partial charge in [0, 0.05) is 33.8 Å². The molecule has 0 aliphatic heterocycles. The minimum absolute atomic E-state index is 0.0162. The van der Waals surface area contributed by atoms with E-state index in [1.54, 1.807) is 11.3 Å². The first-order valence-electron chi connectivity index (χ1n) is 10.1. The average Bonchev–Trinajstić information content (AvgIpc) is 3.24. The minimum atomic E-state index is -3.75. The molecule has 0 radical (unpaired) electrons. The number of aliphatic hydroxyl groups excluding tert-OH is 1. The molecule has 0 saturated heterocycles. The standard InChI is InChI=1S/C21H26N2O5S2/c1-12-10-16-19(29-12)9-2-13(20(16)24)11-23-17-7-8-18(21(17)25)28-14-3-5-15(6-4-14)30(22,26)27/h3-6,10,13,17-18,21,23,25H,2,7-9,11H2,1H3,(H2,22,26,27)/t13?,17-,18-,21+/m1/s1. The van der Waals surface area contributed by atoms with E-state index in [-0.39, 0.29) is 22.6 Å². The van der Waals surface area contributed by atoms with Gasteiger partial charge in [0.1, 0.15) is 18.0 Å². The number of benzene rings is 1. The Morgan fingerprint density at radius 3 is 2.67 bits per heavy atom. The summed E-state index contributed by atoms with van der Waals surface area (Å²) in [6.45, 7) is 2.58. The van der Waals surface area contributed by atoms with E-state index in [2.05, 4.69) is 5.32 Å². The van der Waals surface area contributed by atoms with Crippen LogP contribution >= 0.6 is 11.3 Å². The molecule has 1 aromatic carbocycles. The lowest BCUT2D eigenvalue weighted by Crippen LogP contribution is -2.44. The zero-order chi connectivity index (χ0) is 21.5. The van der Waals surface area contributed by atoms with Gasteiger partial charge in [-0.05, 0) is 62.9 Å². The van der Waals surface area contributed by atoms with Gasteiger partial charge in [0.05, 0.1) is 4.90 Å². The highest BCUT2D eigenvalue weighted by Gasteiger charge is 2.37. The second-order valence-corrected chi connectivity index (χ2v) is 11.0. The Bertz CT molecular complexity index is 1030. The number of fused-ring (bicyclic) bond motifs is 1. The molecule has 162 valence electrons. The lowest BCUT2D eigenvalue weighted by atomic mass is 9.87. The van der Waals surface area contributed by atoms with Crippen LogP contribution in [0.1, 0.15) is 39.4 Å². The highest BCUT2D eigenvalue weighted by atomic mass is 32.2. The van der Waals surface area contributed by atoms with Crippen LogP contribution < -0.4 is 15.2 Å². The zero-order valence-electron chi connectivity index (χ0n) is 16.7. The van der Waals surface area contributed by atoms with Gasteiger partial charge in [0.15, 0.2) is 5.78 Å². The third-order valence-electron chi connectivity index (χ3n) is 5.91. The minimum Gasteiger partial charge on any atom is -0.488 e. The van der Waals surface area contributed by atoms with Crippen LogP contribution in [0.15, 0.2) is 35.2 Å². The molecular formula is C21H26N2O5S2. The van der Waals surface area contributed by atoms with Gasteiger partial charge in [-0.25, -0.2) is 13.6 Å². The quantitative estimate of drug-likeness (QED) is 0.620. The number of ether oxygens (including phenoxy) is 1. The van der Waals surface area contributed by atoms with Gasteiger partial charge in [-0.15, -0.1) is 11.3 Å². The highest BCUT2D eigenvalue weighted by Crippen LogP contribution is 2.32. The number of nitrogens with one attached hydrogen (secondary N) is 1. The van der Waals surface area contributed by atoms with Crippen molar-refractivity contribution in [2.75, 3.05) is 6.54 Å². The van der Waals surface area contributed by atoms with Crippen LogP contribution in [-0.2, 0) is 16.4 Å². The molecule has 2 aliphatic rings. The fraction of sp³-hybridized carbons (Fsp3) is 0.476. The molecule has 1 aromatic heterocycles. The van der Waals surface area contributed by atoms with Crippen molar-refractivity contribution in [2.24, 2.45) is 11.1 Å². The second-order valence-electron chi connectivity index (χ2n) is 8.05. The summed E-state index contributed by atoms with van der Waals surface area (Å²) in [4.78, 5) is 15.1. The number of ketones is 1. The van der Waals surface area contributed by atoms with Crippen molar-refractivity contribution in [3.05, 3.63) is 45.6 Å². The van der Waals surface area contributed by atoms with Crippen LogP contribution in [0, 0.1) is 12.8 Å². The number of sulfonamides is 1. The van der Waals surface area contributed by atoms with E-state index in [0.717, 1.165) is 24.8 Å². The number of hydrogen-bond donors (Lipinski definition) is 3. The topological polar surface area (TPSA) is 119 Å². The summed E-state index contributed by atoms with van der Waals surface area (Å²) in [7, 11) is -3.75. The summed E-state index contributed by atoms with van der Waals surface area (Å²) in [6, 6.07) is 7.69. The number of aryl methyl sites for hydroxylation is 2. The first kappa shape index (κ1) is 21.5. The van der Waals surface area contributed by atoms with E-state index in [1.165, 1.54) is 34.0 Å². The van der Waals surface area contributed by atoms with E-state index in [0.29, 0.717) is 18.7 Å². The molecular weight excluding hydrogens is 424 g/mol. The molecule has 1 unspecified atom stereocenters. The van der Waals surface area contributed by atoms with Crippen LogP contribution in [-0.4, -0.2) is 44.1 Å². The Labute approximate surface area is 180 Å². The van der Waals surface area contributed by atoms with Gasteiger partial charge in [0.2, 0.25) is 10.0 Å². The first-order valence-corrected chi connectivity index (χ1v) is 12.4. The van der Waals surface area contributed by atoms with Gasteiger partial charge in [-0.2, -0.15) is 0 Å². The van der Waals surface area contributed by atoms with Crippen LogP contribution in [0.3, 0.4) is 0 Å². The fourth-order valence-electron chi connectivity index (χ4n) is 4.28. The summed E-state index contributed by atoms with van der Waals surface area (Å²) in [5.74, 6) is 0.614. The van der Waals surface area contributed by atoms with E-state index >= 15 is 0 Å². The number of primary sulfonamides is 1. The number of aliphatic hydroxyl groups is 1. The predicted octanol–water partition coefficient (Wildman–Crippen LogP) is 2.01. The maximum atomic E-state index is 12.7. The van der Waals surface area contributed by atoms with Crippen molar-refractivity contribution in [1.82, 2.24) is 5.32 Å². The number of Topliss-reactive ketones (excluding diaryl/α,β-unsaturated/α-hetero) is 1. The number of thiophene rings is 1. The van der Waals surface area contributed by atoms with Crippen molar-refractivity contribution in [3.63, 3.8) is 0 Å².